The van der Waals surface area contributed by atoms with Gasteiger partial charge < -0.3 is 29.0 Å². The van der Waals surface area contributed by atoms with E-state index in [-0.39, 0.29) is 25.1 Å². The molecule has 8 nitrogen and oxygen atoms in total. The SMILES string of the molecule is COCCN(C[C@H]1CN(C[C@H](O)COCC(F)(F)C(F)F)CCO1)C(=O)c1ccc(OC)cc1. The van der Waals surface area contributed by atoms with Crippen molar-refractivity contribution >= 4 is 5.91 Å². The van der Waals surface area contributed by atoms with Gasteiger partial charge in [-0.3, -0.25) is 9.69 Å². The molecule has 0 unspecified atom stereocenters. The van der Waals surface area contributed by atoms with Gasteiger partial charge in [0.25, 0.3) is 5.91 Å². The van der Waals surface area contributed by atoms with Gasteiger partial charge >= 0.3 is 12.3 Å². The molecule has 0 radical (unpaired) electrons. The fourth-order valence-electron chi connectivity index (χ4n) is 3.44. The molecule has 0 spiro atoms. The smallest absolute Gasteiger partial charge is 0.330 e. The second kappa shape index (κ2) is 13.8. The van der Waals surface area contributed by atoms with Crippen LogP contribution in [0.3, 0.4) is 0 Å². The number of hydrogen-bond donors (Lipinski definition) is 1. The molecular formula is C22H32F4N2O6. The van der Waals surface area contributed by atoms with E-state index in [2.05, 4.69) is 4.74 Å². The first kappa shape index (κ1) is 28.2. The largest absolute Gasteiger partial charge is 0.497 e. The van der Waals surface area contributed by atoms with Crippen LogP contribution in [0.1, 0.15) is 10.4 Å². The number of alkyl halides is 4. The van der Waals surface area contributed by atoms with Crippen molar-refractivity contribution in [1.82, 2.24) is 9.80 Å². The fourth-order valence-corrected chi connectivity index (χ4v) is 3.44. The summed E-state index contributed by atoms with van der Waals surface area (Å²) in [6.45, 7) is 0.275. The molecule has 1 N–H and O–H groups in total. The Balaban J connectivity index is 1.88. The van der Waals surface area contributed by atoms with Crippen LogP contribution in [0.4, 0.5) is 17.6 Å². The molecule has 1 amide bonds. The number of carbonyl (C=O) groups excluding carboxylic acids is 1. The first-order valence-corrected chi connectivity index (χ1v) is 10.8. The average molecular weight is 496 g/mol. The van der Waals surface area contributed by atoms with E-state index in [4.69, 9.17) is 14.2 Å². The molecule has 194 valence electrons. The average Bonchev–Trinajstić information content (AvgIpc) is 2.81. The Kier molecular flexibility index (Phi) is 11.5. The second-order valence-electron chi connectivity index (χ2n) is 7.96. The molecule has 1 heterocycles. The van der Waals surface area contributed by atoms with E-state index in [0.717, 1.165) is 0 Å². The van der Waals surface area contributed by atoms with Crippen molar-refractivity contribution in [2.75, 3.05) is 73.4 Å². The van der Waals surface area contributed by atoms with Gasteiger partial charge in [0.15, 0.2) is 0 Å². The third kappa shape index (κ3) is 8.99. The highest BCUT2D eigenvalue weighted by atomic mass is 19.3. The van der Waals surface area contributed by atoms with Gasteiger partial charge in [0, 0.05) is 45.4 Å². The van der Waals surface area contributed by atoms with Crippen molar-refractivity contribution in [3.05, 3.63) is 29.8 Å². The maximum Gasteiger partial charge on any atom is 0.330 e. The van der Waals surface area contributed by atoms with Crippen LogP contribution in [-0.2, 0) is 14.2 Å². The van der Waals surface area contributed by atoms with Crippen molar-refractivity contribution in [3.63, 3.8) is 0 Å². The molecule has 1 aromatic rings. The van der Waals surface area contributed by atoms with Crippen LogP contribution in [0, 0.1) is 0 Å². The van der Waals surface area contributed by atoms with E-state index < -0.39 is 31.7 Å². The van der Waals surface area contributed by atoms with Crippen LogP contribution in [-0.4, -0.2) is 119 Å². The summed E-state index contributed by atoms with van der Waals surface area (Å²) in [7, 11) is 3.07. The summed E-state index contributed by atoms with van der Waals surface area (Å²) in [5.41, 5.74) is 0.484. The quantitative estimate of drug-likeness (QED) is 0.393. The number of nitrogens with zero attached hydrogens (tertiary/aromatic N) is 2. The molecule has 1 aromatic carbocycles. The number of morpholine rings is 1. The Labute approximate surface area is 196 Å². The van der Waals surface area contributed by atoms with Crippen LogP contribution >= 0.6 is 0 Å². The molecule has 2 rings (SSSR count). The van der Waals surface area contributed by atoms with Gasteiger partial charge in [0.1, 0.15) is 12.4 Å². The molecule has 0 saturated carbocycles. The number of methoxy groups -OCH3 is 2. The highest BCUT2D eigenvalue weighted by Gasteiger charge is 2.41. The monoisotopic (exact) mass is 496 g/mol. The summed E-state index contributed by atoms with van der Waals surface area (Å²) in [5.74, 6) is -3.83. The molecule has 1 aliphatic heterocycles. The van der Waals surface area contributed by atoms with E-state index in [9.17, 15) is 27.5 Å². The van der Waals surface area contributed by atoms with Crippen LogP contribution in [0.2, 0.25) is 0 Å². The number of rotatable bonds is 14. The highest BCUT2D eigenvalue weighted by molar-refractivity contribution is 5.94. The molecule has 0 aliphatic carbocycles. The number of aliphatic hydroxyl groups excluding tert-OH is 1. The van der Waals surface area contributed by atoms with Crippen LogP contribution < -0.4 is 4.74 Å². The Morgan fingerprint density at radius 2 is 2.00 bits per heavy atom. The lowest BCUT2D eigenvalue weighted by Gasteiger charge is -2.36. The van der Waals surface area contributed by atoms with Crippen molar-refractivity contribution in [2.24, 2.45) is 0 Å². The van der Waals surface area contributed by atoms with E-state index in [1.807, 2.05) is 4.90 Å². The van der Waals surface area contributed by atoms with Crippen molar-refractivity contribution in [1.29, 1.82) is 0 Å². The number of benzene rings is 1. The lowest BCUT2D eigenvalue weighted by Crippen LogP contribution is -2.51. The van der Waals surface area contributed by atoms with E-state index >= 15 is 0 Å². The standard InChI is InChI=1S/C22H32F4N2O6/c1-31-9-8-28(20(30)16-3-5-18(32-2)6-4-16)13-19-12-27(7-10-34-19)11-17(29)14-33-15-22(25,26)21(23)24/h3-6,17,19,21,29H,7-15H2,1-2H3/t17-,19+/m0/s1. The highest BCUT2D eigenvalue weighted by Crippen LogP contribution is 2.23. The molecule has 0 aromatic heterocycles. The first-order valence-electron chi connectivity index (χ1n) is 10.8. The van der Waals surface area contributed by atoms with E-state index in [1.54, 1.807) is 29.2 Å². The molecule has 1 fully saturated rings. The molecule has 1 saturated heterocycles. The number of amides is 1. The maximum absolute atomic E-state index is 13.0. The third-order valence-electron chi connectivity index (χ3n) is 5.23. The predicted octanol–water partition coefficient (Wildman–Crippen LogP) is 1.76. The number of hydrogen-bond acceptors (Lipinski definition) is 7. The Bertz CT molecular complexity index is 741. The summed E-state index contributed by atoms with van der Waals surface area (Å²) >= 11 is 0. The predicted molar refractivity (Wildman–Crippen MR) is 115 cm³/mol. The second-order valence-corrected chi connectivity index (χ2v) is 7.96. The lowest BCUT2D eigenvalue weighted by atomic mass is 10.1. The normalized spacial score (nSPS) is 18.2. The Morgan fingerprint density at radius 3 is 2.62 bits per heavy atom. The van der Waals surface area contributed by atoms with Crippen molar-refractivity contribution < 1.29 is 46.4 Å². The zero-order chi connectivity index (χ0) is 25.1. The van der Waals surface area contributed by atoms with Gasteiger partial charge in [-0.25, -0.2) is 8.78 Å². The van der Waals surface area contributed by atoms with Gasteiger partial charge in [-0.15, -0.1) is 0 Å². The van der Waals surface area contributed by atoms with Gasteiger partial charge in [0.05, 0.1) is 39.1 Å². The summed E-state index contributed by atoms with van der Waals surface area (Å²) in [6, 6.07) is 6.73. The van der Waals surface area contributed by atoms with Gasteiger partial charge in [0.2, 0.25) is 0 Å². The topological polar surface area (TPSA) is 80.7 Å². The number of β-amino-alcohol motifs (C(OH)–C–C–N with tert-alkyl or cyclic N) is 1. The zero-order valence-corrected chi connectivity index (χ0v) is 19.3. The van der Waals surface area contributed by atoms with Gasteiger partial charge in [-0.05, 0) is 24.3 Å². The zero-order valence-electron chi connectivity index (χ0n) is 19.3. The van der Waals surface area contributed by atoms with Gasteiger partial charge in [-0.1, -0.05) is 0 Å². The summed E-state index contributed by atoms with van der Waals surface area (Å²) in [5, 5.41) is 10.1. The molecule has 1 aliphatic rings. The van der Waals surface area contributed by atoms with Crippen LogP contribution in [0.25, 0.3) is 0 Å². The van der Waals surface area contributed by atoms with Gasteiger partial charge in [-0.2, -0.15) is 8.78 Å². The summed E-state index contributed by atoms with van der Waals surface area (Å²) in [4.78, 5) is 16.5. The first-order chi connectivity index (χ1) is 16.2. The van der Waals surface area contributed by atoms with Crippen LogP contribution in [0.15, 0.2) is 24.3 Å². The number of carbonyl (C=O) groups is 1. The Morgan fingerprint density at radius 1 is 1.29 bits per heavy atom. The lowest BCUT2D eigenvalue weighted by molar-refractivity contribution is -0.171. The third-order valence-corrected chi connectivity index (χ3v) is 5.23. The summed E-state index contributed by atoms with van der Waals surface area (Å²) in [6.07, 6.45) is -5.33. The molecule has 12 heteroatoms. The van der Waals surface area contributed by atoms with Crippen molar-refractivity contribution in [3.8, 4) is 5.75 Å². The molecule has 34 heavy (non-hydrogen) atoms. The minimum Gasteiger partial charge on any atom is -0.497 e. The summed E-state index contributed by atoms with van der Waals surface area (Å²) < 4.78 is 70.8. The number of aliphatic hydroxyl groups is 1. The maximum atomic E-state index is 13.0. The Hall–Kier alpha value is -1.99. The molecule has 2 atom stereocenters. The van der Waals surface area contributed by atoms with Crippen molar-refractivity contribution in [2.45, 2.75) is 24.6 Å². The minimum atomic E-state index is -4.26. The number of ether oxygens (including phenoxy) is 4. The molecular weight excluding hydrogens is 464 g/mol. The fraction of sp³-hybridized carbons (Fsp3) is 0.682. The number of halogens is 4. The van der Waals surface area contributed by atoms with E-state index in [0.29, 0.717) is 44.2 Å². The molecule has 0 bridgehead atoms. The minimum absolute atomic E-state index is 0.0879. The van der Waals surface area contributed by atoms with E-state index in [1.165, 1.54) is 14.2 Å². The van der Waals surface area contributed by atoms with Crippen LogP contribution in [0.5, 0.6) is 5.75 Å².